The zero-order chi connectivity index (χ0) is 8.10. The Morgan fingerprint density at radius 3 is 2.91 bits per heavy atom. The molecule has 1 fully saturated rings. The van der Waals surface area contributed by atoms with Crippen molar-refractivity contribution in [3.63, 3.8) is 0 Å². The van der Waals surface area contributed by atoms with Crippen LogP contribution in [0.3, 0.4) is 0 Å². The Balaban J connectivity index is 2.21. The molecule has 1 nitrogen and oxygen atoms in total. The second kappa shape index (κ2) is 4.94. The minimum atomic E-state index is -0.346. The van der Waals surface area contributed by atoms with E-state index in [0.29, 0.717) is 0 Å². The van der Waals surface area contributed by atoms with Gasteiger partial charge < -0.3 is 5.32 Å². The van der Waals surface area contributed by atoms with Crippen LogP contribution in [-0.4, -0.2) is 21.9 Å². The molecule has 11 heavy (non-hydrogen) atoms. The molecule has 1 rings (SSSR count). The lowest BCUT2D eigenvalue weighted by Gasteiger charge is -2.27. The Hall–Kier alpha value is 0.177. The van der Waals surface area contributed by atoms with Crippen molar-refractivity contribution in [3.8, 4) is 0 Å². The first-order chi connectivity index (χ1) is 5.34. The lowest BCUT2D eigenvalue weighted by atomic mass is 10.2. The smallest absolute Gasteiger partial charge is 0.0383 e. The van der Waals surface area contributed by atoms with Crippen molar-refractivity contribution in [1.82, 2.24) is 5.32 Å². The van der Waals surface area contributed by atoms with Gasteiger partial charge in [-0.2, -0.15) is 0 Å². The second-order valence-electron chi connectivity index (χ2n) is 3.87. The highest BCUT2D eigenvalue weighted by Crippen LogP contribution is 2.22. The first-order valence-electron chi connectivity index (χ1n) is 5.05. The summed E-state index contributed by atoms with van der Waals surface area (Å²) in [5.41, 5.74) is 1.10. The maximum Gasteiger partial charge on any atom is 0.0383 e. The van der Waals surface area contributed by atoms with E-state index in [-0.39, 0.29) is 8.80 Å². The van der Waals surface area contributed by atoms with Gasteiger partial charge in [0.25, 0.3) is 0 Å². The van der Waals surface area contributed by atoms with Crippen LogP contribution in [0.5, 0.6) is 0 Å². The van der Waals surface area contributed by atoms with Crippen molar-refractivity contribution in [2.24, 2.45) is 0 Å². The van der Waals surface area contributed by atoms with Crippen LogP contribution in [0.2, 0.25) is 18.1 Å². The minimum Gasteiger partial charge on any atom is -0.317 e. The summed E-state index contributed by atoms with van der Waals surface area (Å²) in [5, 5.41) is 3.51. The van der Waals surface area contributed by atoms with Crippen LogP contribution in [-0.2, 0) is 0 Å². The maximum atomic E-state index is 3.51. The van der Waals surface area contributed by atoms with Gasteiger partial charge in [-0.1, -0.05) is 32.4 Å². The Bertz CT molecular complexity index is 99.7. The van der Waals surface area contributed by atoms with Gasteiger partial charge in [-0.3, -0.25) is 0 Å². The van der Waals surface area contributed by atoms with Crippen molar-refractivity contribution in [2.45, 2.75) is 44.3 Å². The van der Waals surface area contributed by atoms with Crippen LogP contribution in [0, 0.1) is 0 Å². The first kappa shape index (κ1) is 9.27. The van der Waals surface area contributed by atoms with Crippen LogP contribution in [0.4, 0.5) is 0 Å². The predicted octanol–water partition coefficient (Wildman–Crippen LogP) is 2.01. The fourth-order valence-electron chi connectivity index (χ4n) is 2.06. The van der Waals surface area contributed by atoms with Crippen LogP contribution in [0.15, 0.2) is 0 Å². The van der Waals surface area contributed by atoms with Crippen molar-refractivity contribution >= 4 is 8.80 Å². The summed E-state index contributed by atoms with van der Waals surface area (Å²) in [4.78, 5) is 0. The number of hydrogen-bond acceptors (Lipinski definition) is 1. The van der Waals surface area contributed by atoms with Gasteiger partial charge >= 0.3 is 0 Å². The van der Waals surface area contributed by atoms with Gasteiger partial charge in [0.1, 0.15) is 0 Å². The maximum absolute atomic E-state index is 3.51. The summed E-state index contributed by atoms with van der Waals surface area (Å²) in [5.74, 6) is 0. The molecule has 0 aromatic heterocycles. The molecule has 66 valence electrons. The van der Waals surface area contributed by atoms with Gasteiger partial charge in [0, 0.05) is 8.80 Å². The summed E-state index contributed by atoms with van der Waals surface area (Å²) in [6.07, 6.45) is 4.34. The molecule has 1 aliphatic heterocycles. The van der Waals surface area contributed by atoms with Gasteiger partial charge in [0.15, 0.2) is 0 Å². The molecule has 0 spiro atoms. The molecule has 1 N–H and O–H groups in total. The molecule has 0 aromatic carbocycles. The normalized spacial score (nSPS) is 28.4. The summed E-state index contributed by atoms with van der Waals surface area (Å²) in [6.45, 7) is 7.46. The minimum absolute atomic E-state index is 0.346. The van der Waals surface area contributed by atoms with E-state index in [1.807, 2.05) is 0 Å². The van der Waals surface area contributed by atoms with E-state index in [1.165, 1.54) is 32.4 Å². The molecule has 2 heteroatoms. The average molecular weight is 171 g/mol. The Morgan fingerprint density at radius 1 is 1.55 bits per heavy atom. The summed E-state index contributed by atoms with van der Waals surface area (Å²) < 4.78 is 0. The van der Waals surface area contributed by atoms with E-state index in [9.17, 15) is 0 Å². The standard InChI is InChI=1S/C9H21NSi/c1-3-7-11(2)9-5-4-6-10-8-9/h9-11H,3-8H2,1-2H3. The third-order valence-electron chi connectivity index (χ3n) is 2.88. The highest BCUT2D eigenvalue weighted by Gasteiger charge is 2.19. The first-order valence-corrected chi connectivity index (χ1v) is 7.69. The third kappa shape index (κ3) is 2.95. The second-order valence-corrected chi connectivity index (χ2v) is 7.35. The van der Waals surface area contributed by atoms with Crippen molar-refractivity contribution < 1.29 is 0 Å². The molecule has 0 bridgehead atoms. The van der Waals surface area contributed by atoms with Crippen LogP contribution >= 0.6 is 0 Å². The monoisotopic (exact) mass is 171 g/mol. The summed E-state index contributed by atoms with van der Waals surface area (Å²) >= 11 is 0. The van der Waals surface area contributed by atoms with Gasteiger partial charge in [-0.25, -0.2) is 0 Å². The molecule has 2 unspecified atom stereocenters. The van der Waals surface area contributed by atoms with Crippen molar-refractivity contribution in [1.29, 1.82) is 0 Å². The Morgan fingerprint density at radius 2 is 2.36 bits per heavy atom. The Kier molecular flexibility index (Phi) is 4.16. The van der Waals surface area contributed by atoms with Gasteiger partial charge in [0.05, 0.1) is 0 Å². The molecule has 1 heterocycles. The number of piperidine rings is 1. The number of rotatable bonds is 3. The predicted molar refractivity (Wildman–Crippen MR) is 54.0 cm³/mol. The number of nitrogens with one attached hydrogen (secondary N) is 1. The molecule has 1 saturated heterocycles. The van der Waals surface area contributed by atoms with Crippen LogP contribution < -0.4 is 5.32 Å². The van der Waals surface area contributed by atoms with Gasteiger partial charge in [-0.05, 0) is 25.1 Å². The van der Waals surface area contributed by atoms with Gasteiger partial charge in [-0.15, -0.1) is 0 Å². The average Bonchev–Trinajstić information content (AvgIpc) is 2.07. The van der Waals surface area contributed by atoms with E-state index in [0.717, 1.165) is 5.54 Å². The van der Waals surface area contributed by atoms with Crippen molar-refractivity contribution in [3.05, 3.63) is 0 Å². The molecule has 0 radical (unpaired) electrons. The van der Waals surface area contributed by atoms with E-state index in [1.54, 1.807) is 6.04 Å². The summed E-state index contributed by atoms with van der Waals surface area (Å²) in [7, 11) is -0.346. The lowest BCUT2D eigenvalue weighted by Crippen LogP contribution is -2.33. The van der Waals surface area contributed by atoms with Gasteiger partial charge in [0.2, 0.25) is 0 Å². The SMILES string of the molecule is CCC[SiH](C)C1CCCNC1. The van der Waals surface area contributed by atoms with Crippen molar-refractivity contribution in [2.75, 3.05) is 13.1 Å². The Labute approximate surface area is 72.2 Å². The molecule has 0 aliphatic carbocycles. The largest absolute Gasteiger partial charge is 0.317 e. The molecule has 2 atom stereocenters. The zero-order valence-corrected chi connectivity index (χ0v) is 9.05. The lowest BCUT2D eigenvalue weighted by molar-refractivity contribution is 0.512. The van der Waals surface area contributed by atoms with E-state index >= 15 is 0 Å². The number of hydrogen-bond donors (Lipinski definition) is 1. The van der Waals surface area contributed by atoms with E-state index in [2.05, 4.69) is 18.8 Å². The molecule has 0 amide bonds. The molecule has 1 aliphatic rings. The third-order valence-corrected chi connectivity index (χ3v) is 6.55. The quantitative estimate of drug-likeness (QED) is 0.641. The molecular weight excluding hydrogens is 150 g/mol. The highest BCUT2D eigenvalue weighted by atomic mass is 28.3. The van der Waals surface area contributed by atoms with Crippen LogP contribution in [0.1, 0.15) is 26.2 Å². The van der Waals surface area contributed by atoms with E-state index < -0.39 is 0 Å². The zero-order valence-electron chi connectivity index (χ0n) is 7.90. The van der Waals surface area contributed by atoms with Crippen LogP contribution in [0.25, 0.3) is 0 Å². The topological polar surface area (TPSA) is 12.0 Å². The molecule has 0 saturated carbocycles. The van der Waals surface area contributed by atoms with E-state index in [4.69, 9.17) is 0 Å². The fraction of sp³-hybridized carbons (Fsp3) is 1.00. The summed E-state index contributed by atoms with van der Waals surface area (Å²) in [6, 6.07) is 1.55. The molecular formula is C9H21NSi. The fourth-order valence-corrected chi connectivity index (χ4v) is 4.81. The molecule has 0 aromatic rings. The highest BCUT2D eigenvalue weighted by molar-refractivity contribution is 6.59.